The van der Waals surface area contributed by atoms with Crippen LogP contribution in [0.2, 0.25) is 0 Å². The lowest BCUT2D eigenvalue weighted by molar-refractivity contribution is -0.111. The van der Waals surface area contributed by atoms with Crippen LogP contribution in [0.5, 0.6) is 11.6 Å². The van der Waals surface area contributed by atoms with E-state index in [0.29, 0.717) is 34.0 Å². The standard InChI is InChI=1S/C25H32N8O5S/c1-5-22(34)27-18-12-19(21(37-3)13-20(18)32-10-8-31(2)9-11-32)28-25-29-23-17(6-7-26-23)24(30-25)38-16-14-33(15-16)39(4,35)36/h5-7,12-13,16H,1,8-11,14-15H2,2-4H3,(H,27,34)(H2,26,28,29,30). The summed E-state index contributed by atoms with van der Waals surface area (Å²) in [4.78, 5) is 28.9. The van der Waals surface area contributed by atoms with Crippen LogP contribution in [0.15, 0.2) is 37.1 Å². The lowest BCUT2D eigenvalue weighted by Crippen LogP contribution is -2.55. The van der Waals surface area contributed by atoms with Crippen LogP contribution < -0.4 is 25.0 Å². The minimum absolute atomic E-state index is 0.242. The molecule has 0 saturated carbocycles. The van der Waals surface area contributed by atoms with Gasteiger partial charge in [0.25, 0.3) is 0 Å². The molecule has 5 rings (SSSR count). The van der Waals surface area contributed by atoms with Gasteiger partial charge in [-0.25, -0.2) is 8.42 Å². The average Bonchev–Trinajstić information content (AvgIpc) is 3.35. The average molecular weight is 557 g/mol. The molecule has 39 heavy (non-hydrogen) atoms. The van der Waals surface area contributed by atoms with Crippen molar-refractivity contribution in [1.82, 2.24) is 24.2 Å². The molecule has 2 aromatic heterocycles. The number of likely N-dealkylation sites (N-methyl/N-ethyl adjacent to an activating group) is 1. The second-order valence-electron chi connectivity index (χ2n) is 9.59. The predicted octanol–water partition coefficient (Wildman–Crippen LogP) is 1.61. The highest BCUT2D eigenvalue weighted by atomic mass is 32.2. The van der Waals surface area contributed by atoms with Gasteiger partial charge in [0.2, 0.25) is 27.8 Å². The van der Waals surface area contributed by atoms with Crippen molar-refractivity contribution in [3.63, 3.8) is 0 Å². The Bertz CT molecular complexity index is 1490. The highest BCUT2D eigenvalue weighted by Gasteiger charge is 2.35. The Kier molecular flexibility index (Phi) is 7.34. The van der Waals surface area contributed by atoms with E-state index in [1.165, 1.54) is 16.6 Å². The molecule has 0 spiro atoms. The van der Waals surface area contributed by atoms with E-state index in [1.807, 2.05) is 6.07 Å². The maximum atomic E-state index is 12.3. The fourth-order valence-corrected chi connectivity index (χ4v) is 5.39. The van der Waals surface area contributed by atoms with Gasteiger partial charge in [-0.3, -0.25) is 4.79 Å². The lowest BCUT2D eigenvalue weighted by atomic mass is 10.1. The summed E-state index contributed by atoms with van der Waals surface area (Å²) in [5.41, 5.74) is 2.53. The Morgan fingerprint density at radius 3 is 2.59 bits per heavy atom. The predicted molar refractivity (Wildman–Crippen MR) is 150 cm³/mol. The molecule has 4 heterocycles. The Morgan fingerprint density at radius 1 is 1.18 bits per heavy atom. The number of aromatic amines is 1. The number of H-pyrrole nitrogens is 1. The first-order chi connectivity index (χ1) is 18.6. The Morgan fingerprint density at radius 2 is 1.92 bits per heavy atom. The summed E-state index contributed by atoms with van der Waals surface area (Å²) in [7, 11) is 0.391. The van der Waals surface area contributed by atoms with Crippen molar-refractivity contribution in [1.29, 1.82) is 0 Å². The number of hydrogen-bond donors (Lipinski definition) is 3. The van der Waals surface area contributed by atoms with Gasteiger partial charge in [-0.05, 0) is 25.3 Å². The van der Waals surface area contributed by atoms with Crippen LogP contribution in [-0.2, 0) is 14.8 Å². The fourth-order valence-electron chi connectivity index (χ4n) is 4.51. The number of ether oxygens (including phenoxy) is 2. The number of nitrogens with zero attached hydrogens (tertiary/aromatic N) is 5. The monoisotopic (exact) mass is 556 g/mol. The molecule has 208 valence electrons. The number of benzene rings is 1. The SMILES string of the molecule is C=CC(=O)Nc1cc(Nc2nc(OC3CN(S(C)(=O)=O)C3)c3cc[nH]c3n2)c(OC)cc1N1CCN(C)CC1. The quantitative estimate of drug-likeness (QED) is 0.332. The number of carbonyl (C=O) groups excluding carboxylic acids is 1. The summed E-state index contributed by atoms with van der Waals surface area (Å²) in [6.45, 7) is 7.48. The van der Waals surface area contributed by atoms with Crippen molar-refractivity contribution in [2.45, 2.75) is 6.10 Å². The molecule has 3 aromatic rings. The highest BCUT2D eigenvalue weighted by Crippen LogP contribution is 2.39. The molecule has 2 aliphatic heterocycles. The largest absolute Gasteiger partial charge is 0.494 e. The van der Waals surface area contributed by atoms with Gasteiger partial charge in [0.1, 0.15) is 17.5 Å². The number of rotatable bonds is 9. The zero-order valence-electron chi connectivity index (χ0n) is 22.1. The third-order valence-corrected chi connectivity index (χ3v) is 8.03. The number of amides is 1. The molecule has 0 atom stereocenters. The molecule has 0 bridgehead atoms. The third-order valence-electron chi connectivity index (χ3n) is 6.79. The first-order valence-electron chi connectivity index (χ1n) is 12.5. The summed E-state index contributed by atoms with van der Waals surface area (Å²) < 4.78 is 36.6. The van der Waals surface area contributed by atoms with E-state index in [1.54, 1.807) is 25.4 Å². The molecule has 0 unspecified atom stereocenters. The van der Waals surface area contributed by atoms with E-state index in [4.69, 9.17) is 9.47 Å². The number of carbonyl (C=O) groups is 1. The molecule has 1 amide bonds. The van der Waals surface area contributed by atoms with Crippen molar-refractivity contribution in [2.24, 2.45) is 0 Å². The highest BCUT2D eigenvalue weighted by molar-refractivity contribution is 7.88. The van der Waals surface area contributed by atoms with E-state index < -0.39 is 10.0 Å². The number of piperazine rings is 1. The minimum atomic E-state index is -3.26. The molecule has 2 fully saturated rings. The van der Waals surface area contributed by atoms with E-state index in [0.717, 1.165) is 31.9 Å². The van der Waals surface area contributed by atoms with E-state index in [9.17, 15) is 13.2 Å². The molecule has 0 aliphatic carbocycles. The van der Waals surface area contributed by atoms with Crippen LogP contribution in [0, 0.1) is 0 Å². The number of nitrogens with one attached hydrogen (secondary N) is 3. The first kappa shape index (κ1) is 26.7. The number of anilines is 4. The molecule has 13 nitrogen and oxygen atoms in total. The second kappa shape index (κ2) is 10.7. The topological polar surface area (TPSA) is 145 Å². The van der Waals surface area contributed by atoms with E-state index in [2.05, 4.69) is 49.0 Å². The molecule has 0 radical (unpaired) electrons. The molecular formula is C25H32N8O5S. The maximum absolute atomic E-state index is 12.3. The summed E-state index contributed by atoms with van der Waals surface area (Å²) >= 11 is 0. The van der Waals surface area contributed by atoms with Crippen molar-refractivity contribution in [3.8, 4) is 11.6 Å². The maximum Gasteiger partial charge on any atom is 0.247 e. The second-order valence-corrected chi connectivity index (χ2v) is 11.6. The smallest absolute Gasteiger partial charge is 0.247 e. The van der Waals surface area contributed by atoms with Crippen LogP contribution >= 0.6 is 0 Å². The number of fused-ring (bicyclic) bond motifs is 1. The zero-order valence-corrected chi connectivity index (χ0v) is 22.9. The van der Waals surface area contributed by atoms with E-state index in [-0.39, 0.29) is 31.0 Å². The van der Waals surface area contributed by atoms with Crippen molar-refractivity contribution in [2.75, 3.05) is 75.2 Å². The molecule has 2 saturated heterocycles. The normalized spacial score (nSPS) is 17.1. The minimum Gasteiger partial charge on any atom is -0.494 e. The van der Waals surface area contributed by atoms with Gasteiger partial charge in [-0.1, -0.05) is 6.58 Å². The van der Waals surface area contributed by atoms with Crippen molar-refractivity contribution in [3.05, 3.63) is 37.1 Å². The Hall–Kier alpha value is -3.88. The molecular weight excluding hydrogens is 524 g/mol. The van der Waals surface area contributed by atoms with Crippen LogP contribution in [-0.4, -0.2) is 104 Å². The summed E-state index contributed by atoms with van der Waals surface area (Å²) in [5, 5.41) is 6.78. The molecule has 3 N–H and O–H groups in total. The number of methoxy groups -OCH3 is 1. The Balaban J connectivity index is 1.45. The van der Waals surface area contributed by atoms with Crippen molar-refractivity contribution < 1.29 is 22.7 Å². The molecule has 1 aromatic carbocycles. The summed E-state index contributed by atoms with van der Waals surface area (Å²) in [6, 6.07) is 5.47. The van der Waals surface area contributed by atoms with Gasteiger partial charge >= 0.3 is 0 Å². The van der Waals surface area contributed by atoms with Gasteiger partial charge < -0.3 is 34.9 Å². The summed E-state index contributed by atoms with van der Waals surface area (Å²) in [6.07, 6.45) is 3.81. The van der Waals surface area contributed by atoms with Gasteiger partial charge in [0, 0.05) is 38.4 Å². The Labute approximate surface area is 226 Å². The van der Waals surface area contributed by atoms with Crippen molar-refractivity contribution >= 4 is 50.0 Å². The van der Waals surface area contributed by atoms with Crippen LogP contribution in [0.1, 0.15) is 0 Å². The van der Waals surface area contributed by atoms with Gasteiger partial charge in [-0.2, -0.15) is 14.3 Å². The zero-order chi connectivity index (χ0) is 27.7. The van der Waals surface area contributed by atoms with Gasteiger partial charge in [0.15, 0.2) is 0 Å². The summed E-state index contributed by atoms with van der Waals surface area (Å²) in [5.74, 6) is 0.784. The number of hydrogen-bond acceptors (Lipinski definition) is 10. The molecule has 14 heteroatoms. The van der Waals surface area contributed by atoms with E-state index >= 15 is 0 Å². The lowest BCUT2D eigenvalue weighted by Gasteiger charge is -2.36. The van der Waals surface area contributed by atoms with Crippen LogP contribution in [0.3, 0.4) is 0 Å². The number of aromatic nitrogens is 3. The third kappa shape index (κ3) is 5.77. The first-order valence-corrected chi connectivity index (χ1v) is 14.3. The molecule has 2 aliphatic rings. The fraction of sp³-hybridized carbons (Fsp3) is 0.400. The van der Waals surface area contributed by atoms with Gasteiger partial charge in [0.05, 0.1) is 48.9 Å². The van der Waals surface area contributed by atoms with Gasteiger partial charge in [-0.15, -0.1) is 0 Å². The number of sulfonamides is 1. The van der Waals surface area contributed by atoms with Crippen LogP contribution in [0.25, 0.3) is 11.0 Å². The van der Waals surface area contributed by atoms with Crippen LogP contribution in [0.4, 0.5) is 23.0 Å².